The smallest absolute Gasteiger partial charge is 0.257 e. The Balaban J connectivity index is 1.90. The fraction of sp³-hybridized carbons (Fsp3) is 0.250. The first kappa shape index (κ1) is 19.2. The van der Waals surface area contributed by atoms with Crippen LogP contribution < -0.4 is 21.5 Å². The van der Waals surface area contributed by atoms with E-state index in [1.54, 1.807) is 32.3 Å². The average Bonchev–Trinajstić information content (AvgIpc) is 3.22. The number of benzene rings is 1. The summed E-state index contributed by atoms with van der Waals surface area (Å²) in [7, 11) is 3.14. The second-order valence-corrected chi connectivity index (χ2v) is 6.56. The van der Waals surface area contributed by atoms with Gasteiger partial charge < -0.3 is 25.1 Å². The van der Waals surface area contributed by atoms with E-state index in [2.05, 4.69) is 10.6 Å². The molecule has 146 valence electrons. The minimum atomic E-state index is -0.694. The highest BCUT2D eigenvalue weighted by molar-refractivity contribution is 5.99. The Morgan fingerprint density at radius 3 is 2.46 bits per heavy atom. The number of phenols is 1. The highest BCUT2D eigenvalue weighted by Crippen LogP contribution is 2.33. The molecule has 0 aliphatic rings. The van der Waals surface area contributed by atoms with Crippen LogP contribution in [0.2, 0.25) is 0 Å². The van der Waals surface area contributed by atoms with Crippen molar-refractivity contribution in [3.63, 3.8) is 0 Å². The number of carbonyl (C=O) groups is 1. The second kappa shape index (κ2) is 7.59. The Morgan fingerprint density at radius 1 is 1.14 bits per heavy atom. The van der Waals surface area contributed by atoms with Crippen molar-refractivity contribution in [3.05, 3.63) is 68.4 Å². The van der Waals surface area contributed by atoms with Gasteiger partial charge in [0.1, 0.15) is 17.1 Å². The van der Waals surface area contributed by atoms with Crippen LogP contribution >= 0.6 is 0 Å². The molecule has 3 rings (SSSR count). The molecule has 3 N–H and O–H groups in total. The van der Waals surface area contributed by atoms with Crippen LogP contribution in [0.15, 0.2) is 50.6 Å². The highest BCUT2D eigenvalue weighted by Gasteiger charge is 2.26. The highest BCUT2D eigenvalue weighted by atomic mass is 16.3. The number of hydrogen-bond donors (Lipinski definition) is 3. The van der Waals surface area contributed by atoms with Gasteiger partial charge in [0.05, 0.1) is 23.6 Å². The minimum Gasteiger partial charge on any atom is -0.505 e. The number of phenolic OH excluding ortho intramolecular Hbond substituents is 1. The molecular formula is C20H21N3O5. The zero-order chi connectivity index (χ0) is 20.4. The first-order valence-electron chi connectivity index (χ1n) is 8.79. The molecule has 0 aliphatic carbocycles. The molecule has 8 heteroatoms. The number of nitrogens with one attached hydrogen (secondary N) is 2. The Kier molecular flexibility index (Phi) is 5.21. The van der Waals surface area contributed by atoms with E-state index in [0.717, 1.165) is 0 Å². The summed E-state index contributed by atoms with van der Waals surface area (Å²) >= 11 is 0. The molecule has 28 heavy (non-hydrogen) atoms. The van der Waals surface area contributed by atoms with Gasteiger partial charge in [-0.2, -0.15) is 0 Å². The average molecular weight is 383 g/mol. The number of aromatic hydroxyl groups is 1. The number of rotatable bonds is 7. The molecule has 2 aromatic carbocycles. The van der Waals surface area contributed by atoms with E-state index in [9.17, 15) is 19.5 Å². The molecule has 1 heterocycles. The molecule has 0 saturated heterocycles. The van der Waals surface area contributed by atoms with E-state index in [1.165, 1.54) is 23.3 Å². The molecule has 0 bridgehead atoms. The summed E-state index contributed by atoms with van der Waals surface area (Å²) in [6, 6.07) is 7.82. The van der Waals surface area contributed by atoms with Gasteiger partial charge in [-0.15, -0.1) is 0 Å². The van der Waals surface area contributed by atoms with Gasteiger partial charge in [0.2, 0.25) is 0 Å². The summed E-state index contributed by atoms with van der Waals surface area (Å²) in [5.41, 5.74) is -0.927. The zero-order valence-electron chi connectivity index (χ0n) is 15.8. The van der Waals surface area contributed by atoms with Crippen molar-refractivity contribution in [2.45, 2.75) is 19.4 Å². The number of carbonyl (C=O) groups excluding carboxylic acids is 1. The van der Waals surface area contributed by atoms with Crippen LogP contribution in [-0.2, 0) is 0 Å². The Labute approximate surface area is 161 Å². The molecule has 0 radical (unpaired) electrons. The first-order valence-corrected chi connectivity index (χ1v) is 8.79. The minimum absolute atomic E-state index is 0.0414. The van der Waals surface area contributed by atoms with Gasteiger partial charge in [-0.1, -0.05) is 13.0 Å². The summed E-state index contributed by atoms with van der Waals surface area (Å²) in [6.07, 6.45) is 2.16. The van der Waals surface area contributed by atoms with E-state index in [4.69, 9.17) is 4.42 Å². The van der Waals surface area contributed by atoms with Crippen molar-refractivity contribution in [1.29, 1.82) is 0 Å². The lowest BCUT2D eigenvalue weighted by atomic mass is 10.1. The van der Waals surface area contributed by atoms with Crippen molar-refractivity contribution in [2.24, 2.45) is 0 Å². The second-order valence-electron chi connectivity index (χ2n) is 6.56. The molecule has 0 spiro atoms. The van der Waals surface area contributed by atoms with Crippen LogP contribution in [-0.4, -0.2) is 30.0 Å². The third kappa shape index (κ3) is 3.36. The molecule has 0 aliphatic heterocycles. The van der Waals surface area contributed by atoms with E-state index >= 15 is 0 Å². The van der Waals surface area contributed by atoms with Crippen molar-refractivity contribution >= 4 is 23.0 Å². The largest absolute Gasteiger partial charge is 0.505 e. The maximum absolute atomic E-state index is 12.2. The van der Waals surface area contributed by atoms with Gasteiger partial charge in [-0.05, 0) is 30.7 Å². The van der Waals surface area contributed by atoms with Crippen molar-refractivity contribution < 1.29 is 14.3 Å². The Morgan fingerprint density at radius 2 is 1.86 bits per heavy atom. The van der Waals surface area contributed by atoms with Crippen LogP contribution in [0.3, 0.4) is 0 Å². The lowest BCUT2D eigenvalue weighted by Gasteiger charge is -2.21. The standard InChI is InChI=1S/C20H21N3O5/c1-4-12(14-9-6-10-28-14)21-15-16(19(26)18(15)25)22-13-8-5-7-11(17(13)24)20(27)23(2)3/h5-10,12,21-22,24H,4H2,1-3H3/t12-/m1/s1. The van der Waals surface area contributed by atoms with E-state index in [0.29, 0.717) is 12.2 Å². The molecule has 0 saturated carbocycles. The van der Waals surface area contributed by atoms with E-state index in [1.807, 2.05) is 6.92 Å². The molecule has 1 aromatic heterocycles. The van der Waals surface area contributed by atoms with Gasteiger partial charge in [-0.25, -0.2) is 0 Å². The maximum Gasteiger partial charge on any atom is 0.257 e. The molecule has 3 aromatic rings. The number of hydrogen-bond acceptors (Lipinski definition) is 7. The summed E-state index contributed by atoms with van der Waals surface area (Å²) < 4.78 is 5.37. The number of para-hydroxylation sites is 1. The predicted molar refractivity (Wildman–Crippen MR) is 106 cm³/mol. The van der Waals surface area contributed by atoms with Gasteiger partial charge in [0.25, 0.3) is 16.8 Å². The topological polar surface area (TPSA) is 112 Å². The van der Waals surface area contributed by atoms with Gasteiger partial charge in [0, 0.05) is 14.1 Å². The van der Waals surface area contributed by atoms with Gasteiger partial charge >= 0.3 is 0 Å². The lowest BCUT2D eigenvalue weighted by Crippen LogP contribution is -2.37. The summed E-state index contributed by atoms with van der Waals surface area (Å²) in [6.45, 7) is 1.92. The molecule has 0 unspecified atom stereocenters. The predicted octanol–water partition coefficient (Wildman–Crippen LogP) is 2.59. The van der Waals surface area contributed by atoms with Crippen molar-refractivity contribution in [1.82, 2.24) is 4.90 Å². The summed E-state index contributed by atoms with van der Waals surface area (Å²) in [5.74, 6) is -0.0328. The lowest BCUT2D eigenvalue weighted by molar-refractivity contribution is 0.0824. The normalized spacial score (nSPS) is 12.0. The monoisotopic (exact) mass is 383 g/mol. The van der Waals surface area contributed by atoms with Crippen LogP contribution in [0.1, 0.15) is 35.5 Å². The molecule has 1 atom stereocenters. The number of furan rings is 1. The van der Waals surface area contributed by atoms with Crippen LogP contribution in [0.25, 0.3) is 0 Å². The van der Waals surface area contributed by atoms with E-state index in [-0.39, 0.29) is 40.3 Å². The van der Waals surface area contributed by atoms with Crippen molar-refractivity contribution in [3.8, 4) is 5.75 Å². The first-order chi connectivity index (χ1) is 13.3. The molecule has 1 amide bonds. The zero-order valence-corrected chi connectivity index (χ0v) is 15.8. The third-order valence-electron chi connectivity index (χ3n) is 4.46. The molecular weight excluding hydrogens is 362 g/mol. The SMILES string of the molecule is CC[C@@H](Nc1c(Nc2cccc(C(=O)N(C)C)c2O)c(=O)c1=O)c1ccco1. The maximum atomic E-state index is 12.2. The van der Waals surface area contributed by atoms with E-state index < -0.39 is 10.9 Å². The third-order valence-corrected chi connectivity index (χ3v) is 4.46. The number of nitrogens with zero attached hydrogens (tertiary/aromatic N) is 1. The summed E-state index contributed by atoms with van der Waals surface area (Å²) in [5, 5.41) is 16.2. The van der Waals surface area contributed by atoms with Crippen LogP contribution in [0.5, 0.6) is 5.75 Å². The molecule has 8 nitrogen and oxygen atoms in total. The van der Waals surface area contributed by atoms with Crippen LogP contribution in [0, 0.1) is 0 Å². The Bertz CT molecular complexity index is 1060. The fourth-order valence-electron chi connectivity index (χ4n) is 2.88. The summed E-state index contributed by atoms with van der Waals surface area (Å²) in [4.78, 5) is 37.6. The van der Waals surface area contributed by atoms with Gasteiger partial charge in [0.15, 0.2) is 5.75 Å². The Hall–Kier alpha value is -3.55. The van der Waals surface area contributed by atoms with Crippen LogP contribution in [0.4, 0.5) is 17.1 Å². The number of amides is 1. The number of anilines is 3. The fourth-order valence-corrected chi connectivity index (χ4v) is 2.88. The molecule has 0 fully saturated rings. The van der Waals surface area contributed by atoms with Crippen molar-refractivity contribution in [2.75, 3.05) is 24.7 Å². The quantitative estimate of drug-likeness (QED) is 0.425. The van der Waals surface area contributed by atoms with Gasteiger partial charge in [-0.3, -0.25) is 14.4 Å².